The minimum absolute atomic E-state index is 0.250. The van der Waals surface area contributed by atoms with Gasteiger partial charge < -0.3 is 4.79 Å². The molecule has 0 aliphatic rings. The van der Waals surface area contributed by atoms with Crippen LogP contribution in [0.25, 0.3) is 0 Å². The molecule has 1 rings (SSSR count). The highest BCUT2D eigenvalue weighted by Gasteiger charge is 2.30. The molecule has 0 saturated carbocycles. The molecule has 2 heteroatoms. The molecule has 1 aromatic carbocycles. The molecule has 1 aromatic rings. The third-order valence-corrected chi connectivity index (χ3v) is 5.52. The SMILES string of the molecule is CC(=O)C(Cc1ccccc1)[Si](C)(C)C. The van der Waals surface area contributed by atoms with Crippen LogP contribution < -0.4 is 0 Å². The maximum Gasteiger partial charge on any atom is 0.130 e. The number of rotatable bonds is 4. The van der Waals surface area contributed by atoms with Gasteiger partial charge in [0.25, 0.3) is 0 Å². The van der Waals surface area contributed by atoms with E-state index >= 15 is 0 Å². The molecular weight excluding hydrogens is 200 g/mol. The van der Waals surface area contributed by atoms with E-state index in [1.165, 1.54) is 5.56 Å². The number of ketones is 1. The van der Waals surface area contributed by atoms with Crippen molar-refractivity contribution in [2.24, 2.45) is 0 Å². The molecule has 0 aliphatic carbocycles. The van der Waals surface area contributed by atoms with Crippen LogP contribution in [-0.2, 0) is 11.2 Å². The predicted octanol–water partition coefficient (Wildman–Crippen LogP) is 3.53. The van der Waals surface area contributed by atoms with Gasteiger partial charge in [-0.15, -0.1) is 0 Å². The van der Waals surface area contributed by atoms with Gasteiger partial charge in [-0.25, -0.2) is 0 Å². The van der Waals surface area contributed by atoms with E-state index in [9.17, 15) is 4.79 Å². The fourth-order valence-electron chi connectivity index (χ4n) is 1.91. The van der Waals surface area contributed by atoms with Crippen LogP contribution in [0.2, 0.25) is 25.2 Å². The lowest BCUT2D eigenvalue weighted by atomic mass is 10.1. The summed E-state index contributed by atoms with van der Waals surface area (Å²) < 4.78 is 0. The Morgan fingerprint density at radius 2 is 1.73 bits per heavy atom. The molecule has 1 atom stereocenters. The van der Waals surface area contributed by atoms with Crippen molar-refractivity contribution in [1.82, 2.24) is 0 Å². The van der Waals surface area contributed by atoms with E-state index < -0.39 is 8.07 Å². The van der Waals surface area contributed by atoms with E-state index in [4.69, 9.17) is 0 Å². The average Bonchev–Trinajstić information content (AvgIpc) is 2.13. The zero-order valence-electron chi connectivity index (χ0n) is 10.1. The molecule has 0 radical (unpaired) electrons. The fraction of sp³-hybridized carbons (Fsp3) is 0.462. The Morgan fingerprint density at radius 3 is 2.13 bits per heavy atom. The Balaban J connectivity index is 2.82. The van der Waals surface area contributed by atoms with Crippen LogP contribution in [0.3, 0.4) is 0 Å². The monoisotopic (exact) mass is 220 g/mol. The van der Waals surface area contributed by atoms with Gasteiger partial charge in [-0.05, 0) is 18.9 Å². The number of hydrogen-bond donors (Lipinski definition) is 0. The van der Waals surface area contributed by atoms with Crippen LogP contribution in [0, 0.1) is 0 Å². The van der Waals surface area contributed by atoms with Crippen molar-refractivity contribution < 1.29 is 4.79 Å². The third-order valence-electron chi connectivity index (χ3n) is 2.82. The molecule has 0 aromatic heterocycles. The number of benzene rings is 1. The predicted molar refractivity (Wildman–Crippen MR) is 67.9 cm³/mol. The van der Waals surface area contributed by atoms with Crippen LogP contribution in [0.4, 0.5) is 0 Å². The first kappa shape index (κ1) is 12.2. The summed E-state index contributed by atoms with van der Waals surface area (Å²) in [6.45, 7) is 8.53. The highest BCUT2D eigenvalue weighted by molar-refractivity contribution is 6.80. The van der Waals surface area contributed by atoms with Crippen molar-refractivity contribution in [3.05, 3.63) is 35.9 Å². The Kier molecular flexibility index (Phi) is 3.86. The second-order valence-corrected chi connectivity index (χ2v) is 10.6. The van der Waals surface area contributed by atoms with E-state index in [0.29, 0.717) is 5.78 Å². The molecule has 0 heterocycles. The van der Waals surface area contributed by atoms with Crippen LogP contribution >= 0.6 is 0 Å². The van der Waals surface area contributed by atoms with Gasteiger partial charge in [-0.3, -0.25) is 0 Å². The van der Waals surface area contributed by atoms with Gasteiger partial charge in [-0.1, -0.05) is 50.0 Å². The molecule has 0 amide bonds. The Bertz CT molecular complexity index is 324. The van der Waals surface area contributed by atoms with E-state index in [-0.39, 0.29) is 5.54 Å². The van der Waals surface area contributed by atoms with E-state index in [1.807, 2.05) is 18.2 Å². The van der Waals surface area contributed by atoms with Gasteiger partial charge in [0.05, 0.1) is 8.07 Å². The fourth-order valence-corrected chi connectivity index (χ4v) is 3.98. The summed E-state index contributed by atoms with van der Waals surface area (Å²) in [6.07, 6.45) is 0.909. The summed E-state index contributed by atoms with van der Waals surface area (Å²) in [4.78, 5) is 11.6. The van der Waals surface area contributed by atoms with Crippen molar-refractivity contribution in [3.8, 4) is 0 Å². The summed E-state index contributed by atoms with van der Waals surface area (Å²) in [5.74, 6) is 0.345. The molecule has 82 valence electrons. The molecule has 1 unspecified atom stereocenters. The van der Waals surface area contributed by atoms with E-state index in [1.54, 1.807) is 6.92 Å². The molecule has 0 fully saturated rings. The van der Waals surface area contributed by atoms with Crippen molar-refractivity contribution in [2.75, 3.05) is 0 Å². The van der Waals surface area contributed by atoms with Crippen LogP contribution in [0.15, 0.2) is 30.3 Å². The normalized spacial score (nSPS) is 13.6. The molecule has 0 bridgehead atoms. The summed E-state index contributed by atoms with van der Waals surface area (Å²) in [5, 5.41) is 0. The Labute approximate surface area is 93.5 Å². The van der Waals surface area contributed by atoms with Gasteiger partial charge in [0.15, 0.2) is 0 Å². The lowest BCUT2D eigenvalue weighted by molar-refractivity contribution is -0.117. The van der Waals surface area contributed by atoms with Crippen molar-refractivity contribution in [3.63, 3.8) is 0 Å². The van der Waals surface area contributed by atoms with Crippen LogP contribution in [0.1, 0.15) is 12.5 Å². The maximum atomic E-state index is 11.6. The molecular formula is C13H20OSi. The maximum absolute atomic E-state index is 11.6. The van der Waals surface area contributed by atoms with E-state index in [2.05, 4.69) is 31.8 Å². The highest BCUT2D eigenvalue weighted by Crippen LogP contribution is 2.26. The van der Waals surface area contributed by atoms with Gasteiger partial charge >= 0.3 is 0 Å². The zero-order chi connectivity index (χ0) is 11.5. The minimum Gasteiger partial charge on any atom is -0.300 e. The average molecular weight is 220 g/mol. The highest BCUT2D eigenvalue weighted by atomic mass is 28.3. The van der Waals surface area contributed by atoms with Gasteiger partial charge in [0.1, 0.15) is 5.78 Å². The molecule has 15 heavy (non-hydrogen) atoms. The summed E-state index contributed by atoms with van der Waals surface area (Å²) in [5.41, 5.74) is 1.53. The summed E-state index contributed by atoms with van der Waals surface area (Å²) >= 11 is 0. The van der Waals surface area contributed by atoms with Gasteiger partial charge in [0, 0.05) is 5.54 Å². The smallest absolute Gasteiger partial charge is 0.130 e. The van der Waals surface area contributed by atoms with Gasteiger partial charge in [-0.2, -0.15) is 0 Å². The first-order valence-electron chi connectivity index (χ1n) is 5.45. The summed E-state index contributed by atoms with van der Waals surface area (Å²) in [7, 11) is -1.38. The van der Waals surface area contributed by atoms with Crippen molar-refractivity contribution >= 4 is 13.9 Å². The standard InChI is InChI=1S/C13H20OSi/c1-11(14)13(15(2,3)4)10-12-8-6-5-7-9-12/h5-9,13H,10H2,1-4H3. The molecule has 0 saturated heterocycles. The topological polar surface area (TPSA) is 17.1 Å². The minimum atomic E-state index is -1.38. The van der Waals surface area contributed by atoms with Crippen LogP contribution in [0.5, 0.6) is 0 Å². The molecule has 0 N–H and O–H groups in total. The van der Waals surface area contributed by atoms with Crippen molar-refractivity contribution in [1.29, 1.82) is 0 Å². The van der Waals surface area contributed by atoms with Crippen molar-refractivity contribution in [2.45, 2.75) is 38.5 Å². The van der Waals surface area contributed by atoms with Gasteiger partial charge in [0.2, 0.25) is 0 Å². The largest absolute Gasteiger partial charge is 0.300 e. The third kappa shape index (κ3) is 3.63. The first-order valence-corrected chi connectivity index (χ1v) is 9.03. The Morgan fingerprint density at radius 1 is 1.20 bits per heavy atom. The summed E-state index contributed by atoms with van der Waals surface area (Å²) in [6, 6.07) is 10.3. The quantitative estimate of drug-likeness (QED) is 0.709. The molecule has 1 nitrogen and oxygen atoms in total. The number of hydrogen-bond acceptors (Lipinski definition) is 1. The number of Topliss-reactive ketones (excluding diaryl/α,β-unsaturated/α-hetero) is 1. The lowest BCUT2D eigenvalue weighted by Gasteiger charge is -2.26. The molecule has 0 aliphatic heterocycles. The number of carbonyl (C=O) groups excluding carboxylic acids is 1. The lowest BCUT2D eigenvalue weighted by Crippen LogP contribution is -2.34. The first-order chi connectivity index (χ1) is 6.91. The van der Waals surface area contributed by atoms with Crippen LogP contribution in [-0.4, -0.2) is 13.9 Å². The number of carbonyl (C=O) groups is 1. The second kappa shape index (κ2) is 4.75. The zero-order valence-corrected chi connectivity index (χ0v) is 11.1. The second-order valence-electron chi connectivity index (χ2n) is 5.22. The Hall–Kier alpha value is -0.893. The van der Waals surface area contributed by atoms with E-state index in [0.717, 1.165) is 6.42 Å². The molecule has 0 spiro atoms.